The molecule has 0 aliphatic carbocycles. The largest absolute Gasteiger partial charge is 0.491 e. The van der Waals surface area contributed by atoms with Crippen LogP contribution in [0.4, 0.5) is 0 Å². The Balaban J connectivity index is 2.12. The molecule has 0 N–H and O–H groups in total. The Kier molecular flexibility index (Phi) is 3.51. The van der Waals surface area contributed by atoms with Gasteiger partial charge in [0.1, 0.15) is 16.7 Å². The number of ether oxygens (including phenoxy) is 1. The van der Waals surface area contributed by atoms with Gasteiger partial charge >= 0.3 is 0 Å². The van der Waals surface area contributed by atoms with Crippen LogP contribution in [0.1, 0.15) is 19.7 Å². The SMILES string of the molecule is Cc1nc(Cl)cc2nnc(-c3cccc(OC(C)C)c3)n12. The van der Waals surface area contributed by atoms with Crippen LogP contribution < -0.4 is 4.74 Å². The van der Waals surface area contributed by atoms with E-state index < -0.39 is 0 Å². The second kappa shape index (κ2) is 5.33. The predicted octanol–water partition coefficient (Wildman–Crippen LogP) is 3.54. The molecule has 0 radical (unpaired) electrons. The molecule has 2 heterocycles. The van der Waals surface area contributed by atoms with Crippen molar-refractivity contribution in [1.29, 1.82) is 0 Å². The first kappa shape index (κ1) is 13.8. The van der Waals surface area contributed by atoms with Crippen LogP contribution in [0.5, 0.6) is 5.75 Å². The molecule has 0 spiro atoms. The molecule has 21 heavy (non-hydrogen) atoms. The van der Waals surface area contributed by atoms with Crippen LogP contribution >= 0.6 is 11.6 Å². The number of hydrogen-bond donors (Lipinski definition) is 0. The number of aryl methyl sites for hydroxylation is 1. The zero-order valence-electron chi connectivity index (χ0n) is 12.0. The van der Waals surface area contributed by atoms with Gasteiger partial charge in [0.2, 0.25) is 0 Å². The van der Waals surface area contributed by atoms with Gasteiger partial charge in [-0.2, -0.15) is 0 Å². The standard InChI is InChI=1S/C15H15ClN4O/c1-9(2)21-12-6-4-5-11(7-12)15-19-18-14-8-13(16)17-10(3)20(14)15/h4-9H,1-3H3. The molecule has 2 aromatic heterocycles. The molecule has 0 saturated heterocycles. The van der Waals surface area contributed by atoms with E-state index in [1.54, 1.807) is 6.07 Å². The molecule has 0 aliphatic rings. The highest BCUT2D eigenvalue weighted by Crippen LogP contribution is 2.25. The molecule has 1 aromatic carbocycles. The normalized spacial score (nSPS) is 11.3. The lowest BCUT2D eigenvalue weighted by molar-refractivity contribution is 0.242. The Morgan fingerprint density at radius 2 is 2.00 bits per heavy atom. The van der Waals surface area contributed by atoms with Crippen LogP contribution in [0.2, 0.25) is 5.15 Å². The molecular formula is C15H15ClN4O. The Bertz CT molecular complexity index is 797. The molecule has 0 bridgehead atoms. The summed E-state index contributed by atoms with van der Waals surface area (Å²) in [6.07, 6.45) is 0.123. The second-order valence-electron chi connectivity index (χ2n) is 5.04. The van der Waals surface area contributed by atoms with E-state index in [0.717, 1.165) is 23.0 Å². The van der Waals surface area contributed by atoms with Gasteiger partial charge in [-0.25, -0.2) is 4.98 Å². The molecule has 0 unspecified atom stereocenters. The first-order valence-corrected chi connectivity index (χ1v) is 7.08. The summed E-state index contributed by atoms with van der Waals surface area (Å²) < 4.78 is 7.60. The first-order valence-electron chi connectivity index (χ1n) is 6.70. The minimum absolute atomic E-state index is 0.123. The summed E-state index contributed by atoms with van der Waals surface area (Å²) in [5, 5.41) is 8.81. The van der Waals surface area contributed by atoms with E-state index in [4.69, 9.17) is 16.3 Å². The minimum Gasteiger partial charge on any atom is -0.491 e. The van der Waals surface area contributed by atoms with Crippen LogP contribution in [-0.4, -0.2) is 25.7 Å². The predicted molar refractivity (Wildman–Crippen MR) is 81.7 cm³/mol. The van der Waals surface area contributed by atoms with Gasteiger partial charge in [0.05, 0.1) is 6.10 Å². The van der Waals surface area contributed by atoms with Crippen LogP contribution in [0.15, 0.2) is 30.3 Å². The average molecular weight is 303 g/mol. The molecule has 3 aromatic rings. The Labute approximate surface area is 127 Å². The maximum atomic E-state index is 5.95. The lowest BCUT2D eigenvalue weighted by Crippen LogP contribution is -2.05. The van der Waals surface area contributed by atoms with Crippen molar-refractivity contribution in [2.75, 3.05) is 0 Å². The Morgan fingerprint density at radius 3 is 2.76 bits per heavy atom. The summed E-state index contributed by atoms with van der Waals surface area (Å²) in [7, 11) is 0. The van der Waals surface area contributed by atoms with E-state index in [9.17, 15) is 0 Å². The van der Waals surface area contributed by atoms with E-state index in [1.165, 1.54) is 0 Å². The first-order chi connectivity index (χ1) is 10.0. The summed E-state index contributed by atoms with van der Waals surface area (Å²) in [6, 6.07) is 9.48. The van der Waals surface area contributed by atoms with Crippen molar-refractivity contribution < 1.29 is 4.74 Å². The van der Waals surface area contributed by atoms with E-state index in [2.05, 4.69) is 15.2 Å². The summed E-state index contributed by atoms with van der Waals surface area (Å²) in [5.74, 6) is 2.27. The zero-order valence-corrected chi connectivity index (χ0v) is 12.8. The number of rotatable bonds is 3. The summed E-state index contributed by atoms with van der Waals surface area (Å²) >= 11 is 5.95. The number of aromatic nitrogens is 4. The van der Waals surface area contributed by atoms with Gasteiger partial charge in [-0.3, -0.25) is 4.40 Å². The third-order valence-electron chi connectivity index (χ3n) is 2.99. The number of halogens is 1. The molecule has 108 valence electrons. The van der Waals surface area contributed by atoms with Crippen molar-refractivity contribution in [2.45, 2.75) is 26.9 Å². The monoisotopic (exact) mass is 302 g/mol. The van der Waals surface area contributed by atoms with Gasteiger partial charge in [-0.1, -0.05) is 23.7 Å². The summed E-state index contributed by atoms with van der Waals surface area (Å²) in [6.45, 7) is 5.87. The molecule has 5 nitrogen and oxygen atoms in total. The average Bonchev–Trinajstić information content (AvgIpc) is 2.82. The number of benzene rings is 1. The van der Waals surface area contributed by atoms with Gasteiger partial charge in [0, 0.05) is 11.6 Å². The van der Waals surface area contributed by atoms with Crippen molar-refractivity contribution in [1.82, 2.24) is 19.6 Å². The number of hydrogen-bond acceptors (Lipinski definition) is 4. The van der Waals surface area contributed by atoms with E-state index in [1.807, 2.05) is 49.4 Å². The molecule has 0 amide bonds. The maximum Gasteiger partial charge on any atom is 0.169 e. The van der Waals surface area contributed by atoms with E-state index >= 15 is 0 Å². The lowest BCUT2D eigenvalue weighted by Gasteiger charge is -2.10. The zero-order chi connectivity index (χ0) is 15.0. The van der Waals surface area contributed by atoms with Crippen molar-refractivity contribution in [3.63, 3.8) is 0 Å². The lowest BCUT2D eigenvalue weighted by atomic mass is 10.2. The quantitative estimate of drug-likeness (QED) is 0.694. The molecule has 0 saturated carbocycles. The molecule has 0 aliphatic heterocycles. The third kappa shape index (κ3) is 2.69. The van der Waals surface area contributed by atoms with Gasteiger partial charge < -0.3 is 4.74 Å². The molecule has 6 heteroatoms. The topological polar surface area (TPSA) is 52.3 Å². The number of fused-ring (bicyclic) bond motifs is 1. The van der Waals surface area contributed by atoms with E-state index in [-0.39, 0.29) is 6.10 Å². The van der Waals surface area contributed by atoms with Gasteiger partial charge in [-0.05, 0) is 32.9 Å². The van der Waals surface area contributed by atoms with Gasteiger partial charge in [0.25, 0.3) is 0 Å². The van der Waals surface area contributed by atoms with Crippen LogP contribution in [0.25, 0.3) is 17.0 Å². The van der Waals surface area contributed by atoms with Crippen molar-refractivity contribution in [2.24, 2.45) is 0 Å². The Morgan fingerprint density at radius 1 is 1.19 bits per heavy atom. The fraction of sp³-hybridized carbons (Fsp3) is 0.267. The number of nitrogens with zero attached hydrogens (tertiary/aromatic N) is 4. The van der Waals surface area contributed by atoms with Crippen molar-refractivity contribution >= 4 is 17.2 Å². The van der Waals surface area contributed by atoms with Gasteiger partial charge in [0.15, 0.2) is 11.5 Å². The van der Waals surface area contributed by atoms with E-state index in [0.29, 0.717) is 10.8 Å². The summed E-state index contributed by atoms with van der Waals surface area (Å²) in [5.41, 5.74) is 1.60. The maximum absolute atomic E-state index is 5.95. The van der Waals surface area contributed by atoms with Crippen molar-refractivity contribution in [3.05, 3.63) is 41.3 Å². The molecular weight excluding hydrogens is 288 g/mol. The Hall–Kier alpha value is -2.14. The van der Waals surface area contributed by atoms with Crippen LogP contribution in [0.3, 0.4) is 0 Å². The fourth-order valence-corrected chi connectivity index (χ4v) is 2.44. The van der Waals surface area contributed by atoms with Crippen LogP contribution in [-0.2, 0) is 0 Å². The molecule has 0 atom stereocenters. The minimum atomic E-state index is 0.123. The molecule has 3 rings (SSSR count). The summed E-state index contributed by atoms with van der Waals surface area (Å²) in [4.78, 5) is 4.25. The van der Waals surface area contributed by atoms with Crippen LogP contribution in [0, 0.1) is 6.92 Å². The highest BCUT2D eigenvalue weighted by atomic mass is 35.5. The highest BCUT2D eigenvalue weighted by molar-refractivity contribution is 6.29. The third-order valence-corrected chi connectivity index (χ3v) is 3.19. The van der Waals surface area contributed by atoms with Gasteiger partial charge in [-0.15, -0.1) is 10.2 Å². The fourth-order valence-electron chi connectivity index (χ4n) is 2.22. The molecule has 0 fully saturated rings. The second-order valence-corrected chi connectivity index (χ2v) is 5.42. The highest BCUT2D eigenvalue weighted by Gasteiger charge is 2.12. The smallest absolute Gasteiger partial charge is 0.169 e. The van der Waals surface area contributed by atoms with Crippen molar-refractivity contribution in [3.8, 4) is 17.1 Å².